The molecule has 35 heavy (non-hydrogen) atoms. The first-order valence-corrected chi connectivity index (χ1v) is 12.6. The molecule has 9 nitrogen and oxygen atoms in total. The van der Waals surface area contributed by atoms with E-state index in [0.717, 1.165) is 63.8 Å². The molecule has 3 heterocycles. The highest BCUT2D eigenvalue weighted by Gasteiger charge is 2.50. The van der Waals surface area contributed by atoms with Crippen LogP contribution in [-0.2, 0) is 20.9 Å². The molecule has 1 aromatic carbocycles. The second-order valence-electron chi connectivity index (χ2n) is 10.2. The van der Waals surface area contributed by atoms with Gasteiger partial charge in [-0.2, -0.15) is 0 Å². The van der Waals surface area contributed by atoms with Crippen molar-refractivity contribution in [3.8, 4) is 0 Å². The van der Waals surface area contributed by atoms with E-state index in [0.29, 0.717) is 29.3 Å². The van der Waals surface area contributed by atoms with Crippen LogP contribution in [0, 0.1) is 11.1 Å². The first kappa shape index (κ1) is 26.0. The third-order valence-electron chi connectivity index (χ3n) is 7.90. The monoisotopic (exact) mass is 506 g/mol. The molecular weight excluding hydrogens is 472 g/mol. The SMILES string of the molecule is Cl.O=C1CCC([N+]2([O-])Cc3c(NCC4CCC(OC5CCNCC5)CC4)cccc3C2=O)C(=O)N1. The van der Waals surface area contributed by atoms with Gasteiger partial charge in [-0.25, -0.2) is 4.79 Å². The summed E-state index contributed by atoms with van der Waals surface area (Å²) in [7, 11) is 0. The highest BCUT2D eigenvalue weighted by atomic mass is 35.5. The molecule has 2 atom stereocenters. The summed E-state index contributed by atoms with van der Waals surface area (Å²) in [5.74, 6) is -1.12. The maximum atomic E-state index is 13.6. The summed E-state index contributed by atoms with van der Waals surface area (Å²) >= 11 is 0. The maximum Gasteiger partial charge on any atom is 0.347 e. The highest BCUT2D eigenvalue weighted by Crippen LogP contribution is 2.38. The number of carbonyl (C=O) groups excluding carboxylic acids is 3. The van der Waals surface area contributed by atoms with E-state index in [2.05, 4.69) is 16.0 Å². The van der Waals surface area contributed by atoms with E-state index >= 15 is 0 Å². The number of benzene rings is 1. The topological polar surface area (TPSA) is 120 Å². The van der Waals surface area contributed by atoms with Crippen molar-refractivity contribution in [3.05, 3.63) is 34.5 Å². The molecule has 0 aromatic heterocycles. The van der Waals surface area contributed by atoms with E-state index in [9.17, 15) is 19.6 Å². The predicted molar refractivity (Wildman–Crippen MR) is 133 cm³/mol. The van der Waals surface area contributed by atoms with Crippen molar-refractivity contribution < 1.29 is 23.8 Å². The molecule has 1 saturated carbocycles. The average molecular weight is 507 g/mol. The molecule has 2 saturated heterocycles. The Balaban J connectivity index is 0.00000289. The van der Waals surface area contributed by atoms with E-state index in [1.165, 1.54) is 0 Å². The summed E-state index contributed by atoms with van der Waals surface area (Å²) in [6.07, 6.45) is 7.43. The van der Waals surface area contributed by atoms with Crippen LogP contribution in [0.3, 0.4) is 0 Å². The zero-order valence-corrected chi connectivity index (χ0v) is 20.7. The fraction of sp³-hybridized carbons (Fsp3) is 0.640. The number of amides is 3. The fourth-order valence-electron chi connectivity index (χ4n) is 5.90. The van der Waals surface area contributed by atoms with Gasteiger partial charge in [0.1, 0.15) is 6.54 Å². The van der Waals surface area contributed by atoms with Gasteiger partial charge in [-0.05, 0) is 69.7 Å². The van der Waals surface area contributed by atoms with Gasteiger partial charge < -0.3 is 20.6 Å². The fourth-order valence-corrected chi connectivity index (χ4v) is 5.90. The Bertz CT molecular complexity index is 961. The minimum absolute atomic E-state index is 0. The number of halogens is 1. The van der Waals surface area contributed by atoms with Gasteiger partial charge in [-0.15, -0.1) is 12.4 Å². The lowest BCUT2D eigenvalue weighted by molar-refractivity contribution is -0.825. The number of quaternary nitrogens is 1. The maximum absolute atomic E-state index is 13.6. The quantitative estimate of drug-likeness (QED) is 0.308. The van der Waals surface area contributed by atoms with Gasteiger partial charge in [0, 0.05) is 30.6 Å². The van der Waals surface area contributed by atoms with Crippen molar-refractivity contribution >= 4 is 35.8 Å². The Morgan fingerprint density at radius 2 is 1.71 bits per heavy atom. The van der Waals surface area contributed by atoms with Crippen LogP contribution < -0.4 is 16.0 Å². The lowest BCUT2D eigenvalue weighted by Crippen LogP contribution is -2.60. The van der Waals surface area contributed by atoms with Crippen LogP contribution in [0.15, 0.2) is 18.2 Å². The van der Waals surface area contributed by atoms with Gasteiger partial charge in [0.15, 0.2) is 6.04 Å². The molecular formula is C25H35ClN4O5. The van der Waals surface area contributed by atoms with Crippen LogP contribution in [0.5, 0.6) is 0 Å². The number of fused-ring (bicyclic) bond motifs is 1. The largest absolute Gasteiger partial charge is 0.624 e. The zero-order valence-electron chi connectivity index (χ0n) is 19.9. The molecule has 3 N–H and O–H groups in total. The second-order valence-corrected chi connectivity index (χ2v) is 10.2. The molecule has 3 fully saturated rings. The van der Waals surface area contributed by atoms with Gasteiger partial charge in [0.25, 0.3) is 5.91 Å². The molecule has 1 aromatic rings. The Labute approximate surface area is 211 Å². The standard InChI is InChI=1S/C25H34N4O5.ClH/c30-23-9-8-22(24(31)28-23)29(33)15-20-19(25(29)32)2-1-3-21(20)27-14-16-4-6-17(7-5-16)34-18-10-12-26-13-11-18;/h1-3,16-18,22,26-27H,4-15H2,(H,28,30,31);1H. The van der Waals surface area contributed by atoms with Crippen molar-refractivity contribution in [2.75, 3.05) is 25.0 Å². The minimum atomic E-state index is -1.24. The van der Waals surface area contributed by atoms with Crippen LogP contribution in [0.2, 0.25) is 0 Å². The molecule has 0 spiro atoms. The van der Waals surface area contributed by atoms with E-state index in [4.69, 9.17) is 4.74 Å². The van der Waals surface area contributed by atoms with E-state index in [1.807, 2.05) is 6.07 Å². The molecule has 192 valence electrons. The molecule has 5 rings (SSSR count). The summed E-state index contributed by atoms with van der Waals surface area (Å²) < 4.78 is 5.08. The van der Waals surface area contributed by atoms with Crippen LogP contribution in [0.25, 0.3) is 0 Å². The average Bonchev–Trinajstić information content (AvgIpc) is 3.10. The van der Waals surface area contributed by atoms with Crippen molar-refractivity contribution in [2.45, 2.75) is 76.2 Å². The van der Waals surface area contributed by atoms with Gasteiger partial charge in [-0.3, -0.25) is 19.6 Å². The highest BCUT2D eigenvalue weighted by molar-refractivity contribution is 6.02. The van der Waals surface area contributed by atoms with E-state index in [1.54, 1.807) is 12.1 Å². The number of hydroxylamine groups is 3. The summed E-state index contributed by atoms with van der Waals surface area (Å²) in [6, 6.07) is 4.26. The molecule has 0 radical (unpaired) electrons. The summed E-state index contributed by atoms with van der Waals surface area (Å²) in [4.78, 5) is 36.9. The van der Waals surface area contributed by atoms with E-state index < -0.39 is 28.4 Å². The Morgan fingerprint density at radius 1 is 1.00 bits per heavy atom. The number of imide groups is 1. The predicted octanol–water partition coefficient (Wildman–Crippen LogP) is 2.62. The normalized spacial score (nSPS) is 31.5. The second kappa shape index (κ2) is 10.9. The van der Waals surface area contributed by atoms with Gasteiger partial charge in [-0.1, -0.05) is 6.07 Å². The number of hydrogen-bond donors (Lipinski definition) is 3. The lowest BCUT2D eigenvalue weighted by Gasteiger charge is -2.42. The Kier molecular flexibility index (Phi) is 8.12. The number of piperidine rings is 2. The van der Waals surface area contributed by atoms with Gasteiger partial charge >= 0.3 is 5.91 Å². The molecule has 10 heteroatoms. The van der Waals surface area contributed by atoms with Crippen molar-refractivity contribution in [2.24, 2.45) is 5.92 Å². The third-order valence-corrected chi connectivity index (χ3v) is 7.90. The first-order valence-electron chi connectivity index (χ1n) is 12.6. The number of nitrogens with one attached hydrogen (secondary N) is 3. The number of carbonyl (C=O) groups is 3. The molecule has 1 aliphatic carbocycles. The summed E-state index contributed by atoms with van der Waals surface area (Å²) in [5.41, 5.74) is 1.85. The van der Waals surface area contributed by atoms with Crippen molar-refractivity contribution in [1.82, 2.24) is 10.6 Å². The van der Waals surface area contributed by atoms with Crippen LogP contribution >= 0.6 is 12.4 Å². The lowest BCUT2D eigenvalue weighted by atomic mass is 9.87. The van der Waals surface area contributed by atoms with Crippen LogP contribution in [0.1, 0.15) is 67.3 Å². The zero-order chi connectivity index (χ0) is 23.7. The Morgan fingerprint density at radius 3 is 2.43 bits per heavy atom. The smallest absolute Gasteiger partial charge is 0.347 e. The third kappa shape index (κ3) is 5.39. The number of ether oxygens (including phenoxy) is 1. The minimum Gasteiger partial charge on any atom is -0.624 e. The number of anilines is 1. The molecule has 2 unspecified atom stereocenters. The van der Waals surface area contributed by atoms with Gasteiger partial charge in [0.2, 0.25) is 5.91 Å². The summed E-state index contributed by atoms with van der Waals surface area (Å²) in [5, 5.41) is 22.7. The van der Waals surface area contributed by atoms with E-state index in [-0.39, 0.29) is 31.8 Å². The molecule has 3 amide bonds. The van der Waals surface area contributed by atoms with Crippen molar-refractivity contribution in [3.63, 3.8) is 0 Å². The summed E-state index contributed by atoms with van der Waals surface area (Å²) in [6.45, 7) is 2.78. The molecule has 4 aliphatic rings. The van der Waals surface area contributed by atoms with Gasteiger partial charge in [0.05, 0.1) is 17.8 Å². The number of rotatable bonds is 6. The van der Waals surface area contributed by atoms with Crippen LogP contribution in [-0.4, -0.2) is 60.3 Å². The molecule has 3 aliphatic heterocycles. The van der Waals surface area contributed by atoms with Crippen molar-refractivity contribution in [1.29, 1.82) is 0 Å². The van der Waals surface area contributed by atoms with Crippen LogP contribution in [0.4, 0.5) is 5.69 Å². The molecule has 0 bridgehead atoms. The first-order chi connectivity index (χ1) is 16.4. The number of hydrogen-bond acceptors (Lipinski definition) is 7. The Hall–Kier alpha value is -2.04. The number of nitrogens with zero attached hydrogens (tertiary/aromatic N) is 1.